The molecule has 0 aliphatic rings. The first kappa shape index (κ1) is 14.2. The maximum atomic E-state index is 12.3. The van der Waals surface area contributed by atoms with E-state index in [1.165, 1.54) is 0 Å². The number of hydrogen-bond acceptors (Lipinski definition) is 2. The Morgan fingerprint density at radius 3 is 2.47 bits per heavy atom. The van der Waals surface area contributed by atoms with Crippen molar-refractivity contribution in [2.24, 2.45) is 0 Å². The molecule has 7 heteroatoms. The smallest absolute Gasteiger partial charge is 0.324 e. The molecule has 3 nitrogen and oxygen atoms in total. The van der Waals surface area contributed by atoms with Crippen molar-refractivity contribution < 1.29 is 22.4 Å². The maximum absolute atomic E-state index is 12.3. The molecular formula is C8H14F4N2O. The lowest BCUT2D eigenvalue weighted by atomic mass is 10.3. The maximum Gasteiger partial charge on any atom is 0.324 e. The van der Waals surface area contributed by atoms with Gasteiger partial charge in [-0.2, -0.15) is 8.78 Å². The highest BCUT2D eigenvalue weighted by atomic mass is 19.3. The minimum absolute atomic E-state index is 0.00679. The van der Waals surface area contributed by atoms with Crippen LogP contribution in [0.5, 0.6) is 0 Å². The Morgan fingerprint density at radius 1 is 1.40 bits per heavy atom. The fourth-order valence-electron chi connectivity index (χ4n) is 0.761. The third kappa shape index (κ3) is 6.27. The second-order valence-electron chi connectivity index (χ2n) is 2.94. The van der Waals surface area contributed by atoms with Crippen molar-refractivity contribution in [1.82, 2.24) is 10.6 Å². The molecule has 0 aromatic rings. The summed E-state index contributed by atoms with van der Waals surface area (Å²) in [6.07, 6.45) is -3.76. The molecule has 0 radical (unpaired) electrons. The summed E-state index contributed by atoms with van der Waals surface area (Å²) in [5, 5.41) is 4.56. The largest absolute Gasteiger partial charge is 0.350 e. The summed E-state index contributed by atoms with van der Waals surface area (Å²) >= 11 is 0. The Bertz CT molecular complexity index is 199. The van der Waals surface area contributed by atoms with Crippen molar-refractivity contribution in [1.29, 1.82) is 0 Å². The van der Waals surface area contributed by atoms with Gasteiger partial charge < -0.3 is 10.6 Å². The molecule has 0 saturated heterocycles. The molecule has 0 rings (SSSR count). The average molecular weight is 230 g/mol. The van der Waals surface area contributed by atoms with Crippen LogP contribution in [0.25, 0.3) is 0 Å². The lowest BCUT2D eigenvalue weighted by Crippen LogP contribution is -2.42. The number of hydrogen-bond donors (Lipinski definition) is 2. The Labute approximate surface area is 85.2 Å². The zero-order valence-electron chi connectivity index (χ0n) is 8.33. The molecule has 0 aromatic heterocycles. The molecule has 0 aliphatic carbocycles. The van der Waals surface area contributed by atoms with Crippen LogP contribution in [0.2, 0.25) is 0 Å². The molecule has 0 unspecified atom stereocenters. The summed E-state index contributed by atoms with van der Waals surface area (Å²) in [4.78, 5) is 10.9. The molecule has 0 saturated carbocycles. The number of amides is 1. The number of carbonyl (C=O) groups excluding carboxylic acids is 1. The minimum Gasteiger partial charge on any atom is -0.350 e. The molecule has 0 bridgehead atoms. The molecular weight excluding hydrogens is 216 g/mol. The van der Waals surface area contributed by atoms with Crippen molar-refractivity contribution in [2.45, 2.75) is 25.7 Å². The molecule has 0 fully saturated rings. The van der Waals surface area contributed by atoms with Gasteiger partial charge in [-0.15, -0.1) is 0 Å². The van der Waals surface area contributed by atoms with Crippen molar-refractivity contribution in [2.75, 3.05) is 19.6 Å². The van der Waals surface area contributed by atoms with Crippen LogP contribution in [0.3, 0.4) is 0 Å². The van der Waals surface area contributed by atoms with Crippen molar-refractivity contribution in [3.63, 3.8) is 0 Å². The number of halogens is 4. The molecule has 0 aliphatic heterocycles. The highest BCUT2D eigenvalue weighted by Gasteiger charge is 2.40. The SMILES string of the molecule is CCNCCC(=O)NCC(F)(F)C(F)F. The van der Waals surface area contributed by atoms with Crippen LogP contribution in [0, 0.1) is 0 Å². The predicted molar refractivity (Wildman–Crippen MR) is 47.1 cm³/mol. The molecule has 2 N–H and O–H groups in total. The average Bonchev–Trinajstić information content (AvgIpc) is 2.15. The van der Waals surface area contributed by atoms with Crippen LogP contribution in [0.15, 0.2) is 0 Å². The summed E-state index contributed by atoms with van der Waals surface area (Å²) in [6.45, 7) is 1.49. The van der Waals surface area contributed by atoms with Gasteiger partial charge in [-0.3, -0.25) is 4.79 Å². The molecule has 1 amide bonds. The lowest BCUT2D eigenvalue weighted by Gasteiger charge is -2.15. The molecule has 15 heavy (non-hydrogen) atoms. The van der Waals surface area contributed by atoms with Gasteiger partial charge in [0.15, 0.2) is 0 Å². The van der Waals surface area contributed by atoms with Gasteiger partial charge in [0.1, 0.15) is 0 Å². The van der Waals surface area contributed by atoms with Crippen LogP contribution < -0.4 is 10.6 Å². The van der Waals surface area contributed by atoms with E-state index in [-0.39, 0.29) is 6.42 Å². The fourth-order valence-corrected chi connectivity index (χ4v) is 0.761. The van der Waals surface area contributed by atoms with Crippen LogP contribution >= 0.6 is 0 Å². The van der Waals surface area contributed by atoms with Gasteiger partial charge in [-0.25, -0.2) is 8.78 Å². The first-order valence-corrected chi connectivity index (χ1v) is 4.53. The first-order chi connectivity index (χ1) is 6.90. The number of carbonyl (C=O) groups is 1. The topological polar surface area (TPSA) is 41.1 Å². The third-order valence-corrected chi connectivity index (χ3v) is 1.62. The number of rotatable bonds is 7. The Hall–Kier alpha value is -0.850. The summed E-state index contributed by atoms with van der Waals surface area (Å²) in [5.74, 6) is -4.83. The Kier molecular flexibility index (Phi) is 6.23. The number of nitrogens with one attached hydrogen (secondary N) is 2. The molecule has 0 spiro atoms. The van der Waals surface area contributed by atoms with Gasteiger partial charge in [0.2, 0.25) is 5.91 Å². The van der Waals surface area contributed by atoms with Crippen LogP contribution in [0.1, 0.15) is 13.3 Å². The monoisotopic (exact) mass is 230 g/mol. The highest BCUT2D eigenvalue weighted by molar-refractivity contribution is 5.76. The van der Waals surface area contributed by atoms with E-state index in [0.29, 0.717) is 13.1 Å². The van der Waals surface area contributed by atoms with Crippen molar-refractivity contribution in [3.8, 4) is 0 Å². The summed E-state index contributed by atoms with van der Waals surface area (Å²) in [7, 11) is 0. The standard InChI is InChI=1S/C8H14F4N2O/c1-2-13-4-3-6(15)14-5-8(11,12)7(9)10/h7,13H,2-5H2,1H3,(H,14,15). The minimum atomic E-state index is -4.16. The van der Waals surface area contributed by atoms with Crippen molar-refractivity contribution in [3.05, 3.63) is 0 Å². The van der Waals surface area contributed by atoms with Gasteiger partial charge in [0, 0.05) is 13.0 Å². The van der Waals surface area contributed by atoms with E-state index in [0.717, 1.165) is 0 Å². The van der Waals surface area contributed by atoms with Gasteiger partial charge in [0.25, 0.3) is 0 Å². The molecule has 0 aromatic carbocycles. The van der Waals surface area contributed by atoms with E-state index >= 15 is 0 Å². The van der Waals surface area contributed by atoms with E-state index in [2.05, 4.69) is 5.32 Å². The zero-order chi connectivity index (χ0) is 11.9. The highest BCUT2D eigenvalue weighted by Crippen LogP contribution is 2.21. The fraction of sp³-hybridized carbons (Fsp3) is 0.875. The van der Waals surface area contributed by atoms with E-state index in [9.17, 15) is 22.4 Å². The number of alkyl halides is 4. The van der Waals surface area contributed by atoms with Gasteiger partial charge in [-0.05, 0) is 6.54 Å². The molecule has 0 heterocycles. The lowest BCUT2D eigenvalue weighted by molar-refractivity contribution is -0.136. The predicted octanol–water partition coefficient (Wildman–Crippen LogP) is 1.00. The zero-order valence-corrected chi connectivity index (χ0v) is 8.33. The summed E-state index contributed by atoms with van der Waals surface area (Å²) in [6, 6.07) is 0. The van der Waals surface area contributed by atoms with E-state index in [4.69, 9.17) is 0 Å². The van der Waals surface area contributed by atoms with Crippen LogP contribution in [-0.4, -0.2) is 37.9 Å². The second kappa shape index (κ2) is 6.60. The molecule has 0 atom stereocenters. The van der Waals surface area contributed by atoms with E-state index in [1.807, 2.05) is 6.92 Å². The normalized spacial score (nSPS) is 11.9. The Balaban J connectivity index is 3.71. The van der Waals surface area contributed by atoms with E-state index in [1.54, 1.807) is 5.32 Å². The van der Waals surface area contributed by atoms with Crippen LogP contribution in [0.4, 0.5) is 17.6 Å². The second-order valence-corrected chi connectivity index (χ2v) is 2.94. The third-order valence-electron chi connectivity index (χ3n) is 1.62. The van der Waals surface area contributed by atoms with Crippen molar-refractivity contribution >= 4 is 5.91 Å². The van der Waals surface area contributed by atoms with Crippen LogP contribution in [-0.2, 0) is 4.79 Å². The summed E-state index contributed by atoms with van der Waals surface area (Å²) in [5.41, 5.74) is 0. The quantitative estimate of drug-likeness (QED) is 0.506. The molecule has 90 valence electrons. The first-order valence-electron chi connectivity index (χ1n) is 4.53. The summed E-state index contributed by atoms with van der Waals surface area (Å²) < 4.78 is 47.9. The van der Waals surface area contributed by atoms with E-state index < -0.39 is 24.8 Å². The van der Waals surface area contributed by atoms with Gasteiger partial charge >= 0.3 is 12.3 Å². The Morgan fingerprint density at radius 2 is 2.00 bits per heavy atom. The van der Waals surface area contributed by atoms with Gasteiger partial charge in [0.05, 0.1) is 6.54 Å². The van der Waals surface area contributed by atoms with Gasteiger partial charge in [-0.1, -0.05) is 6.92 Å².